The van der Waals surface area contributed by atoms with Crippen LogP contribution in [0.2, 0.25) is 0 Å². The smallest absolute Gasteiger partial charge is 0.242 e. The highest BCUT2D eigenvalue weighted by Gasteiger charge is 2.13. The lowest BCUT2D eigenvalue weighted by molar-refractivity contribution is -0.130. The quantitative estimate of drug-likeness (QED) is 0.380. The molecule has 0 fully saturated rings. The van der Waals surface area contributed by atoms with Gasteiger partial charge in [0.2, 0.25) is 5.91 Å². The first kappa shape index (κ1) is 22.7. The average Bonchev–Trinajstić information content (AvgIpc) is 2.58. The van der Waals surface area contributed by atoms with E-state index >= 15 is 0 Å². The zero-order chi connectivity index (χ0) is 17.1. The molecule has 0 unspecified atom stereocenters. The summed E-state index contributed by atoms with van der Waals surface area (Å²) in [6, 6.07) is 10.1. The number of benzene rings is 1. The van der Waals surface area contributed by atoms with Crippen LogP contribution in [0, 0.1) is 0 Å². The third kappa shape index (κ3) is 7.99. The van der Waals surface area contributed by atoms with Crippen LogP contribution in [0.3, 0.4) is 0 Å². The Hall–Kier alpha value is -1.31. The van der Waals surface area contributed by atoms with Crippen LogP contribution in [0.25, 0.3) is 0 Å². The zero-order valence-corrected chi connectivity index (χ0v) is 17.6. The lowest BCUT2D eigenvalue weighted by Gasteiger charge is -2.24. The van der Waals surface area contributed by atoms with E-state index in [9.17, 15) is 4.79 Å². The fourth-order valence-corrected chi connectivity index (χ4v) is 2.33. The Labute approximate surface area is 163 Å². The van der Waals surface area contributed by atoms with Crippen molar-refractivity contribution in [2.45, 2.75) is 33.2 Å². The first-order valence-electron chi connectivity index (χ1n) is 8.35. The summed E-state index contributed by atoms with van der Waals surface area (Å²) in [5, 5.41) is 3.16. The van der Waals surface area contributed by atoms with E-state index in [0.717, 1.165) is 30.9 Å². The van der Waals surface area contributed by atoms with Gasteiger partial charge in [-0.05, 0) is 18.9 Å². The number of carbonyl (C=O) groups excluding carboxylic acids is 1. The van der Waals surface area contributed by atoms with Crippen molar-refractivity contribution in [3.63, 3.8) is 0 Å². The number of nitrogens with zero attached hydrogens (tertiary/aromatic N) is 3. The molecule has 0 aromatic heterocycles. The monoisotopic (exact) mass is 446 g/mol. The third-order valence-electron chi connectivity index (χ3n) is 3.77. The number of amides is 1. The van der Waals surface area contributed by atoms with Crippen molar-refractivity contribution < 1.29 is 4.79 Å². The predicted octanol–water partition coefficient (Wildman–Crippen LogP) is 2.96. The molecular weight excluding hydrogens is 415 g/mol. The van der Waals surface area contributed by atoms with Gasteiger partial charge >= 0.3 is 0 Å². The fourth-order valence-electron chi connectivity index (χ4n) is 2.33. The number of halogens is 1. The maximum absolute atomic E-state index is 12.4. The number of unbranched alkanes of at least 4 members (excludes halogenated alkanes) is 1. The van der Waals surface area contributed by atoms with Gasteiger partial charge in [0.25, 0.3) is 0 Å². The molecule has 0 atom stereocenters. The van der Waals surface area contributed by atoms with Crippen molar-refractivity contribution in [1.29, 1.82) is 0 Å². The van der Waals surface area contributed by atoms with Gasteiger partial charge in [0.15, 0.2) is 5.96 Å². The second-order valence-corrected chi connectivity index (χ2v) is 5.57. The first-order valence-corrected chi connectivity index (χ1v) is 8.35. The highest BCUT2D eigenvalue weighted by Crippen LogP contribution is 2.04. The molecule has 0 bridgehead atoms. The van der Waals surface area contributed by atoms with E-state index in [1.54, 1.807) is 7.05 Å². The van der Waals surface area contributed by atoms with Gasteiger partial charge in [0.05, 0.1) is 6.54 Å². The van der Waals surface area contributed by atoms with Crippen LogP contribution in [-0.2, 0) is 11.3 Å². The topological polar surface area (TPSA) is 47.9 Å². The van der Waals surface area contributed by atoms with Crippen molar-refractivity contribution in [2.75, 3.05) is 33.7 Å². The van der Waals surface area contributed by atoms with E-state index in [-0.39, 0.29) is 36.4 Å². The Morgan fingerprint density at radius 3 is 2.42 bits per heavy atom. The SMILES string of the molecule is CCCCN(C)C(=NC)NCC(=O)N(CC)Cc1ccccc1.I. The maximum Gasteiger partial charge on any atom is 0.242 e. The summed E-state index contributed by atoms with van der Waals surface area (Å²) in [6.45, 7) is 6.71. The van der Waals surface area contributed by atoms with Crippen molar-refractivity contribution in [3.8, 4) is 0 Å². The summed E-state index contributed by atoms with van der Waals surface area (Å²) in [7, 11) is 3.74. The molecule has 0 aliphatic heterocycles. The van der Waals surface area contributed by atoms with Crippen LogP contribution in [-0.4, -0.2) is 55.4 Å². The van der Waals surface area contributed by atoms with Crippen LogP contribution in [0.15, 0.2) is 35.3 Å². The van der Waals surface area contributed by atoms with Gasteiger partial charge in [-0.3, -0.25) is 9.79 Å². The Morgan fingerprint density at radius 1 is 1.21 bits per heavy atom. The lowest BCUT2D eigenvalue weighted by Crippen LogP contribution is -2.45. The minimum absolute atomic E-state index is 0. The van der Waals surface area contributed by atoms with Crippen LogP contribution in [0.1, 0.15) is 32.3 Å². The molecule has 0 heterocycles. The molecule has 5 nitrogen and oxygen atoms in total. The number of nitrogens with one attached hydrogen (secondary N) is 1. The summed E-state index contributed by atoms with van der Waals surface area (Å²) in [4.78, 5) is 20.6. The molecule has 24 heavy (non-hydrogen) atoms. The highest BCUT2D eigenvalue weighted by molar-refractivity contribution is 14.0. The molecule has 0 spiro atoms. The second kappa shape index (κ2) is 13.0. The van der Waals surface area contributed by atoms with Crippen LogP contribution in [0.4, 0.5) is 0 Å². The molecule has 0 radical (unpaired) electrons. The lowest BCUT2D eigenvalue weighted by atomic mass is 10.2. The number of guanidine groups is 1. The number of aliphatic imine (C=N–C) groups is 1. The molecule has 1 aromatic carbocycles. The summed E-state index contributed by atoms with van der Waals surface area (Å²) in [6.07, 6.45) is 2.25. The van der Waals surface area contributed by atoms with Gasteiger partial charge in [-0.1, -0.05) is 43.7 Å². The van der Waals surface area contributed by atoms with E-state index in [1.165, 1.54) is 0 Å². The van der Waals surface area contributed by atoms with Gasteiger partial charge in [0.1, 0.15) is 0 Å². The normalized spacial score (nSPS) is 10.8. The van der Waals surface area contributed by atoms with Crippen molar-refractivity contribution in [3.05, 3.63) is 35.9 Å². The fraction of sp³-hybridized carbons (Fsp3) is 0.556. The molecule has 0 saturated carbocycles. The van der Waals surface area contributed by atoms with Gasteiger partial charge in [0, 0.05) is 33.7 Å². The Bertz CT molecular complexity index is 493. The van der Waals surface area contributed by atoms with E-state index < -0.39 is 0 Å². The van der Waals surface area contributed by atoms with Gasteiger partial charge in [-0.25, -0.2) is 0 Å². The Kier molecular flexibility index (Phi) is 12.3. The Balaban J connectivity index is 0.00000529. The molecule has 1 N–H and O–H groups in total. The predicted molar refractivity (Wildman–Crippen MR) is 112 cm³/mol. The minimum Gasteiger partial charge on any atom is -0.347 e. The van der Waals surface area contributed by atoms with Gasteiger partial charge in [-0.15, -0.1) is 24.0 Å². The molecule has 0 aliphatic rings. The summed E-state index contributed by atoms with van der Waals surface area (Å²) in [5.74, 6) is 0.851. The van der Waals surface area contributed by atoms with Crippen molar-refractivity contribution in [2.24, 2.45) is 4.99 Å². The largest absolute Gasteiger partial charge is 0.347 e. The highest BCUT2D eigenvalue weighted by atomic mass is 127. The molecule has 1 aromatic rings. The van der Waals surface area contributed by atoms with Crippen LogP contribution < -0.4 is 5.32 Å². The molecular formula is C18H31IN4O. The number of rotatable bonds is 8. The number of likely N-dealkylation sites (N-methyl/N-ethyl adjacent to an activating group) is 1. The molecule has 1 rings (SSSR count). The average molecular weight is 446 g/mol. The van der Waals surface area contributed by atoms with E-state index in [1.807, 2.05) is 49.2 Å². The number of hydrogen-bond acceptors (Lipinski definition) is 2. The van der Waals surface area contributed by atoms with Crippen molar-refractivity contribution in [1.82, 2.24) is 15.1 Å². The summed E-state index contributed by atoms with van der Waals surface area (Å²) in [5.41, 5.74) is 1.15. The maximum atomic E-state index is 12.4. The van der Waals surface area contributed by atoms with Crippen LogP contribution >= 0.6 is 24.0 Å². The van der Waals surface area contributed by atoms with Crippen molar-refractivity contribution >= 4 is 35.8 Å². The standard InChI is InChI=1S/C18H30N4O.HI/c1-5-7-13-21(4)18(19-3)20-14-17(23)22(6-2)15-16-11-9-8-10-12-16;/h8-12H,5-7,13-15H2,1-4H3,(H,19,20);1H. The molecule has 136 valence electrons. The number of carbonyl (C=O) groups is 1. The van der Waals surface area contributed by atoms with Crippen LogP contribution in [0.5, 0.6) is 0 Å². The van der Waals surface area contributed by atoms with Gasteiger partial charge < -0.3 is 15.1 Å². The van der Waals surface area contributed by atoms with E-state index in [4.69, 9.17) is 0 Å². The minimum atomic E-state index is 0. The molecule has 1 amide bonds. The number of hydrogen-bond donors (Lipinski definition) is 1. The first-order chi connectivity index (χ1) is 11.1. The van der Waals surface area contributed by atoms with E-state index in [0.29, 0.717) is 13.1 Å². The summed E-state index contributed by atoms with van der Waals surface area (Å²) >= 11 is 0. The molecule has 0 saturated heterocycles. The third-order valence-corrected chi connectivity index (χ3v) is 3.77. The second-order valence-electron chi connectivity index (χ2n) is 5.57. The zero-order valence-electron chi connectivity index (χ0n) is 15.3. The summed E-state index contributed by atoms with van der Waals surface area (Å²) < 4.78 is 0. The molecule has 6 heteroatoms. The molecule has 0 aliphatic carbocycles. The van der Waals surface area contributed by atoms with E-state index in [2.05, 4.69) is 22.1 Å². The Morgan fingerprint density at radius 2 is 1.88 bits per heavy atom. The van der Waals surface area contributed by atoms with Gasteiger partial charge in [-0.2, -0.15) is 0 Å².